The molecule has 0 saturated heterocycles. The summed E-state index contributed by atoms with van der Waals surface area (Å²) in [5.74, 6) is -0.777. The molecule has 19 heavy (non-hydrogen) atoms. The average Bonchev–Trinajstić information content (AvgIpc) is 2.38. The van der Waals surface area contributed by atoms with Crippen LogP contribution in [-0.2, 0) is 11.2 Å². The number of hydrogen-bond acceptors (Lipinski definition) is 3. The topological polar surface area (TPSA) is 98.2 Å². The lowest BCUT2D eigenvalue weighted by Crippen LogP contribution is -2.47. The summed E-state index contributed by atoms with van der Waals surface area (Å²) in [6, 6.07) is 5.10. The van der Waals surface area contributed by atoms with Crippen LogP contribution in [0.2, 0.25) is 0 Å². The van der Waals surface area contributed by atoms with Crippen LogP contribution >= 0.6 is 0 Å². The number of nitrogens with two attached hydrogens (primary N) is 2. The van der Waals surface area contributed by atoms with E-state index in [2.05, 4.69) is 12.2 Å². The highest BCUT2D eigenvalue weighted by Gasteiger charge is 2.29. The number of primary amides is 2. The van der Waals surface area contributed by atoms with Crippen LogP contribution < -0.4 is 16.8 Å². The molecule has 2 rings (SSSR count). The molecule has 1 aliphatic rings. The maximum Gasteiger partial charge on any atom is 0.248 e. The fraction of sp³-hybridized carbons (Fsp3) is 0.429. The van der Waals surface area contributed by atoms with Gasteiger partial charge in [-0.1, -0.05) is 19.4 Å². The predicted molar refractivity (Wildman–Crippen MR) is 72.4 cm³/mol. The molecular weight excluding hydrogens is 242 g/mol. The summed E-state index contributed by atoms with van der Waals surface area (Å²) >= 11 is 0. The first-order valence-electron chi connectivity index (χ1n) is 6.51. The number of benzene rings is 1. The molecule has 1 aliphatic heterocycles. The third-order valence-corrected chi connectivity index (χ3v) is 3.55. The summed E-state index contributed by atoms with van der Waals surface area (Å²) in [4.78, 5) is 22.6. The van der Waals surface area contributed by atoms with Crippen LogP contribution in [0.1, 0.15) is 47.3 Å². The monoisotopic (exact) mass is 261 g/mol. The van der Waals surface area contributed by atoms with E-state index in [-0.39, 0.29) is 18.0 Å². The number of hydrogen-bond donors (Lipinski definition) is 3. The summed E-state index contributed by atoms with van der Waals surface area (Å²) < 4.78 is 0. The van der Waals surface area contributed by atoms with Crippen molar-refractivity contribution in [1.29, 1.82) is 0 Å². The van der Waals surface area contributed by atoms with Crippen molar-refractivity contribution in [3.8, 4) is 0 Å². The van der Waals surface area contributed by atoms with E-state index in [0.29, 0.717) is 12.0 Å². The van der Waals surface area contributed by atoms with Crippen LogP contribution in [0, 0.1) is 0 Å². The van der Waals surface area contributed by atoms with Crippen LogP contribution in [0.3, 0.4) is 0 Å². The van der Waals surface area contributed by atoms with Gasteiger partial charge in [-0.25, -0.2) is 0 Å². The summed E-state index contributed by atoms with van der Waals surface area (Å²) in [6.45, 7) is 2.08. The number of nitrogens with one attached hydrogen (secondary N) is 1. The molecular formula is C14H19N3O2. The molecule has 5 N–H and O–H groups in total. The number of carbonyl (C=O) groups excluding carboxylic acids is 2. The number of amides is 2. The van der Waals surface area contributed by atoms with Gasteiger partial charge in [-0.05, 0) is 36.1 Å². The first kappa shape index (κ1) is 13.5. The van der Waals surface area contributed by atoms with E-state index in [1.165, 1.54) is 0 Å². The SMILES string of the molecule is CCCC1NC(C(N)=O)Cc2ccc(C(N)=O)cc21. The molecule has 2 unspecified atom stereocenters. The van der Waals surface area contributed by atoms with Crippen molar-refractivity contribution in [3.05, 3.63) is 34.9 Å². The average molecular weight is 261 g/mol. The van der Waals surface area contributed by atoms with Gasteiger partial charge in [0.05, 0.1) is 6.04 Å². The van der Waals surface area contributed by atoms with Crippen LogP contribution in [0.5, 0.6) is 0 Å². The lowest BCUT2D eigenvalue weighted by molar-refractivity contribution is -0.120. The lowest BCUT2D eigenvalue weighted by Gasteiger charge is -2.32. The Kier molecular flexibility index (Phi) is 3.85. The van der Waals surface area contributed by atoms with Gasteiger partial charge in [0.25, 0.3) is 0 Å². The van der Waals surface area contributed by atoms with Crippen molar-refractivity contribution in [3.63, 3.8) is 0 Å². The first-order valence-corrected chi connectivity index (χ1v) is 6.51. The maximum absolute atomic E-state index is 11.4. The smallest absolute Gasteiger partial charge is 0.248 e. The van der Waals surface area contributed by atoms with E-state index in [9.17, 15) is 9.59 Å². The van der Waals surface area contributed by atoms with E-state index in [1.54, 1.807) is 6.07 Å². The van der Waals surface area contributed by atoms with Crippen molar-refractivity contribution < 1.29 is 9.59 Å². The van der Waals surface area contributed by atoms with Gasteiger partial charge in [0.15, 0.2) is 0 Å². The summed E-state index contributed by atoms with van der Waals surface area (Å²) in [6.07, 6.45) is 2.42. The fourth-order valence-corrected chi connectivity index (χ4v) is 2.58. The van der Waals surface area contributed by atoms with E-state index >= 15 is 0 Å². The summed E-state index contributed by atoms with van der Waals surface area (Å²) in [5.41, 5.74) is 13.3. The molecule has 1 aromatic carbocycles. The number of rotatable bonds is 4. The highest BCUT2D eigenvalue weighted by molar-refractivity contribution is 5.93. The Labute approximate surface area is 112 Å². The molecule has 0 radical (unpaired) electrons. The Hall–Kier alpha value is -1.88. The third kappa shape index (κ3) is 2.76. The molecule has 0 aromatic heterocycles. The number of carbonyl (C=O) groups is 2. The Bertz CT molecular complexity index is 513. The van der Waals surface area contributed by atoms with Gasteiger partial charge < -0.3 is 11.5 Å². The van der Waals surface area contributed by atoms with Gasteiger partial charge in [0.1, 0.15) is 0 Å². The molecule has 0 aliphatic carbocycles. The van der Waals surface area contributed by atoms with Crippen LogP contribution in [0.15, 0.2) is 18.2 Å². The highest BCUT2D eigenvalue weighted by atomic mass is 16.1. The molecule has 0 spiro atoms. The van der Waals surface area contributed by atoms with Gasteiger partial charge in [-0.2, -0.15) is 0 Å². The Morgan fingerprint density at radius 2 is 2.11 bits per heavy atom. The zero-order chi connectivity index (χ0) is 14.0. The third-order valence-electron chi connectivity index (χ3n) is 3.55. The standard InChI is InChI=1S/C14H19N3O2/c1-2-3-11-10-6-9(13(15)18)5-4-8(10)7-12(17-11)14(16)19/h4-6,11-12,17H,2-3,7H2,1H3,(H2,15,18)(H2,16,19). The molecule has 2 amide bonds. The second-order valence-corrected chi connectivity index (χ2v) is 4.94. The molecule has 1 aromatic rings. The summed E-state index contributed by atoms with van der Waals surface area (Å²) in [7, 11) is 0. The van der Waals surface area contributed by atoms with E-state index in [1.807, 2.05) is 12.1 Å². The largest absolute Gasteiger partial charge is 0.368 e. The number of fused-ring (bicyclic) bond motifs is 1. The van der Waals surface area contributed by atoms with Gasteiger partial charge >= 0.3 is 0 Å². The van der Waals surface area contributed by atoms with Crippen molar-refractivity contribution in [2.75, 3.05) is 0 Å². The van der Waals surface area contributed by atoms with Crippen LogP contribution in [0.4, 0.5) is 0 Å². The summed E-state index contributed by atoms with van der Waals surface area (Å²) in [5, 5.41) is 3.25. The molecule has 5 heteroatoms. The second-order valence-electron chi connectivity index (χ2n) is 4.94. The van der Waals surface area contributed by atoms with E-state index in [4.69, 9.17) is 11.5 Å². The molecule has 0 fully saturated rings. The minimum absolute atomic E-state index is 0.0468. The predicted octanol–water partition coefficient (Wildman–Crippen LogP) is 0.626. The zero-order valence-corrected chi connectivity index (χ0v) is 11.0. The lowest BCUT2D eigenvalue weighted by atomic mass is 9.86. The molecule has 102 valence electrons. The normalized spacial score (nSPS) is 21.7. The molecule has 2 atom stereocenters. The highest BCUT2D eigenvalue weighted by Crippen LogP contribution is 2.29. The fourth-order valence-electron chi connectivity index (χ4n) is 2.58. The maximum atomic E-state index is 11.4. The van der Waals surface area contributed by atoms with Crippen molar-refractivity contribution in [2.45, 2.75) is 38.3 Å². The Morgan fingerprint density at radius 3 is 2.68 bits per heavy atom. The van der Waals surface area contributed by atoms with Crippen molar-refractivity contribution in [2.24, 2.45) is 11.5 Å². The Morgan fingerprint density at radius 1 is 1.37 bits per heavy atom. The molecule has 5 nitrogen and oxygen atoms in total. The molecule has 0 bridgehead atoms. The van der Waals surface area contributed by atoms with Gasteiger partial charge in [-0.3, -0.25) is 14.9 Å². The van der Waals surface area contributed by atoms with Crippen LogP contribution in [-0.4, -0.2) is 17.9 Å². The van der Waals surface area contributed by atoms with E-state index in [0.717, 1.165) is 24.0 Å². The minimum atomic E-state index is -0.435. The van der Waals surface area contributed by atoms with Crippen molar-refractivity contribution in [1.82, 2.24) is 5.32 Å². The van der Waals surface area contributed by atoms with Crippen molar-refractivity contribution >= 4 is 11.8 Å². The van der Waals surface area contributed by atoms with Gasteiger partial charge in [0.2, 0.25) is 11.8 Å². The molecule has 0 saturated carbocycles. The van der Waals surface area contributed by atoms with Gasteiger partial charge in [-0.15, -0.1) is 0 Å². The first-order chi connectivity index (χ1) is 9.02. The minimum Gasteiger partial charge on any atom is -0.368 e. The van der Waals surface area contributed by atoms with E-state index < -0.39 is 5.91 Å². The van der Waals surface area contributed by atoms with Crippen LogP contribution in [0.25, 0.3) is 0 Å². The molecule has 1 heterocycles. The Balaban J connectivity index is 2.39. The second kappa shape index (κ2) is 5.40. The quantitative estimate of drug-likeness (QED) is 0.741. The van der Waals surface area contributed by atoms with Gasteiger partial charge in [0, 0.05) is 11.6 Å². The zero-order valence-electron chi connectivity index (χ0n) is 11.0.